The highest BCUT2D eigenvalue weighted by molar-refractivity contribution is 8.02. The molecule has 2 N–H and O–H groups in total. The number of hydrogen-bond donors (Lipinski definition) is 2. The van der Waals surface area contributed by atoms with Gasteiger partial charge in [-0.3, -0.25) is 4.79 Å². The van der Waals surface area contributed by atoms with Gasteiger partial charge in [-0.1, -0.05) is 40.8 Å². The zero-order valence-electron chi connectivity index (χ0n) is 15.5. The van der Waals surface area contributed by atoms with E-state index in [4.69, 9.17) is 0 Å². The molecule has 6 nitrogen and oxygen atoms in total. The van der Waals surface area contributed by atoms with E-state index < -0.39 is 0 Å². The lowest BCUT2D eigenvalue weighted by Crippen LogP contribution is -3.14. The van der Waals surface area contributed by atoms with Gasteiger partial charge in [0.1, 0.15) is 0 Å². The number of likely N-dealkylation sites (N-methyl/N-ethyl adjacent to an activating group) is 1. The third kappa shape index (κ3) is 4.96. The molecule has 1 fully saturated rings. The van der Waals surface area contributed by atoms with Gasteiger partial charge in [0.05, 0.1) is 38.0 Å². The highest BCUT2D eigenvalue weighted by Crippen LogP contribution is 2.31. The normalized spacial score (nSPS) is 16.5. The molecule has 1 saturated heterocycles. The summed E-state index contributed by atoms with van der Waals surface area (Å²) in [6.45, 7) is 11.1. The number of rotatable bonds is 6. The van der Waals surface area contributed by atoms with Gasteiger partial charge in [-0.05, 0) is 32.9 Å². The Balaban J connectivity index is 1.53. The fourth-order valence-electron chi connectivity index (χ4n) is 2.92. The minimum Gasteiger partial charge on any atom is -0.332 e. The van der Waals surface area contributed by atoms with Crippen LogP contribution in [0.2, 0.25) is 0 Å². The first-order valence-electron chi connectivity index (χ1n) is 9.01. The second-order valence-corrected chi connectivity index (χ2v) is 9.12. The Morgan fingerprint density at radius 3 is 2.65 bits per heavy atom. The van der Waals surface area contributed by atoms with E-state index in [1.165, 1.54) is 28.7 Å². The van der Waals surface area contributed by atoms with E-state index in [0.29, 0.717) is 0 Å². The molecule has 1 aromatic carbocycles. The average Bonchev–Trinajstić information content (AvgIpc) is 3.10. The topological polar surface area (TPSA) is 62.6 Å². The van der Waals surface area contributed by atoms with Crippen molar-refractivity contribution in [2.24, 2.45) is 0 Å². The van der Waals surface area contributed by atoms with E-state index in [-0.39, 0.29) is 11.2 Å². The predicted molar refractivity (Wildman–Crippen MR) is 108 cm³/mol. The van der Waals surface area contributed by atoms with Crippen molar-refractivity contribution in [2.45, 2.75) is 30.4 Å². The van der Waals surface area contributed by atoms with E-state index in [9.17, 15) is 4.79 Å². The molecule has 140 valence electrons. The molecule has 0 aliphatic carbocycles. The summed E-state index contributed by atoms with van der Waals surface area (Å²) in [6, 6.07) is 8.15. The molecule has 0 bridgehead atoms. The van der Waals surface area contributed by atoms with E-state index in [2.05, 4.69) is 41.5 Å². The zero-order valence-corrected chi connectivity index (χ0v) is 17.1. The summed E-state index contributed by atoms with van der Waals surface area (Å²) >= 11 is 2.98. The van der Waals surface area contributed by atoms with Crippen LogP contribution in [0.15, 0.2) is 28.6 Å². The minimum atomic E-state index is -0.140. The van der Waals surface area contributed by atoms with Crippen LogP contribution in [0.1, 0.15) is 19.4 Å². The fourth-order valence-corrected chi connectivity index (χ4v) is 4.92. The predicted octanol–water partition coefficient (Wildman–Crippen LogP) is 1.82. The zero-order chi connectivity index (χ0) is 18.5. The third-order valence-electron chi connectivity index (χ3n) is 4.62. The molecule has 1 amide bonds. The number of aromatic nitrogens is 2. The quantitative estimate of drug-likeness (QED) is 0.735. The maximum absolute atomic E-state index is 12.7. The lowest BCUT2D eigenvalue weighted by molar-refractivity contribution is -0.902. The van der Waals surface area contributed by atoms with Gasteiger partial charge in [0.25, 0.3) is 0 Å². The van der Waals surface area contributed by atoms with Crippen molar-refractivity contribution in [2.75, 3.05) is 38.0 Å². The van der Waals surface area contributed by atoms with Crippen LogP contribution in [-0.2, 0) is 4.79 Å². The monoisotopic (exact) mass is 392 g/mol. The molecule has 0 spiro atoms. The lowest BCUT2D eigenvalue weighted by atomic mass is 10.2. The number of amides is 1. The second-order valence-electron chi connectivity index (χ2n) is 6.55. The summed E-state index contributed by atoms with van der Waals surface area (Å²) in [5.41, 5.74) is 2.21. The summed E-state index contributed by atoms with van der Waals surface area (Å²) in [7, 11) is 0. The molecule has 26 heavy (non-hydrogen) atoms. The number of nitrogens with zero attached hydrogens (tertiary/aromatic N) is 3. The Morgan fingerprint density at radius 1 is 1.31 bits per heavy atom. The molecule has 0 saturated carbocycles. The van der Waals surface area contributed by atoms with Gasteiger partial charge in [-0.25, -0.2) is 0 Å². The number of hydrogen-bond acceptors (Lipinski definition) is 6. The average molecular weight is 393 g/mol. The van der Waals surface area contributed by atoms with Gasteiger partial charge in [0.15, 0.2) is 4.34 Å². The molecular formula is C18H26N5OS2+. The van der Waals surface area contributed by atoms with Gasteiger partial charge in [-0.15, -0.1) is 10.2 Å². The van der Waals surface area contributed by atoms with E-state index in [0.717, 1.165) is 47.9 Å². The molecule has 0 unspecified atom stereocenters. The third-order valence-corrected chi connectivity index (χ3v) is 6.63. The SMILES string of the molecule is CC[NH+]1CCN(C(=O)[C@H](C)Sc2nnc(Nc3ccc(C)cc3)s2)CC1. The van der Waals surface area contributed by atoms with Gasteiger partial charge >= 0.3 is 0 Å². The van der Waals surface area contributed by atoms with Crippen LogP contribution in [0.5, 0.6) is 0 Å². The minimum absolute atomic E-state index is 0.140. The summed E-state index contributed by atoms with van der Waals surface area (Å²) in [4.78, 5) is 16.2. The van der Waals surface area contributed by atoms with Crippen LogP contribution in [-0.4, -0.2) is 59.0 Å². The number of benzene rings is 1. The van der Waals surface area contributed by atoms with Crippen molar-refractivity contribution in [3.8, 4) is 0 Å². The van der Waals surface area contributed by atoms with Crippen molar-refractivity contribution < 1.29 is 9.69 Å². The van der Waals surface area contributed by atoms with Crippen molar-refractivity contribution in [3.05, 3.63) is 29.8 Å². The molecule has 2 aromatic rings. The molecule has 1 aliphatic heterocycles. The first-order chi connectivity index (χ1) is 12.5. The highest BCUT2D eigenvalue weighted by Gasteiger charge is 2.27. The van der Waals surface area contributed by atoms with Crippen molar-refractivity contribution >= 4 is 39.8 Å². The summed E-state index contributed by atoms with van der Waals surface area (Å²) < 4.78 is 0.818. The smallest absolute Gasteiger partial charge is 0.236 e. The number of carbonyl (C=O) groups excluding carboxylic acids is 1. The van der Waals surface area contributed by atoms with Crippen LogP contribution in [0.3, 0.4) is 0 Å². The van der Waals surface area contributed by atoms with E-state index in [1.54, 1.807) is 4.90 Å². The number of piperazine rings is 1. The van der Waals surface area contributed by atoms with Gasteiger partial charge < -0.3 is 15.1 Å². The molecular weight excluding hydrogens is 366 g/mol. The molecule has 1 aromatic heterocycles. The maximum atomic E-state index is 12.7. The number of aryl methyl sites for hydroxylation is 1. The van der Waals surface area contributed by atoms with Crippen LogP contribution in [0.25, 0.3) is 0 Å². The standard InChI is InChI=1S/C18H25N5OS2/c1-4-22-9-11-23(12-10-22)16(24)14(3)25-18-21-20-17(26-18)19-15-7-5-13(2)6-8-15/h5-8,14H,4,9-12H2,1-3H3,(H,19,20)/p+1/t14-/m0/s1. The van der Waals surface area contributed by atoms with Gasteiger partial charge in [0, 0.05) is 5.69 Å². The molecule has 1 aliphatic rings. The highest BCUT2D eigenvalue weighted by atomic mass is 32.2. The fraction of sp³-hybridized carbons (Fsp3) is 0.500. The molecule has 3 rings (SSSR count). The number of quaternary nitrogens is 1. The Morgan fingerprint density at radius 2 is 2.00 bits per heavy atom. The first kappa shape index (κ1) is 19.1. The maximum Gasteiger partial charge on any atom is 0.236 e. The number of carbonyl (C=O) groups is 1. The summed E-state index contributed by atoms with van der Waals surface area (Å²) in [5.74, 6) is 0.202. The van der Waals surface area contributed by atoms with Crippen LogP contribution < -0.4 is 10.2 Å². The number of thioether (sulfide) groups is 1. The summed E-state index contributed by atoms with van der Waals surface area (Å²) in [6.07, 6.45) is 0. The van der Waals surface area contributed by atoms with Crippen LogP contribution >= 0.6 is 23.1 Å². The molecule has 1 atom stereocenters. The Labute approximate surface area is 163 Å². The largest absolute Gasteiger partial charge is 0.332 e. The second kappa shape index (κ2) is 8.83. The Kier molecular flexibility index (Phi) is 6.50. The van der Waals surface area contributed by atoms with Crippen molar-refractivity contribution in [1.82, 2.24) is 15.1 Å². The Hall–Kier alpha value is -1.64. The van der Waals surface area contributed by atoms with Crippen molar-refractivity contribution in [1.29, 1.82) is 0 Å². The molecule has 0 radical (unpaired) electrons. The number of anilines is 2. The molecule has 2 heterocycles. The van der Waals surface area contributed by atoms with Crippen LogP contribution in [0.4, 0.5) is 10.8 Å². The number of nitrogens with one attached hydrogen (secondary N) is 2. The van der Waals surface area contributed by atoms with Gasteiger partial charge in [-0.2, -0.15) is 0 Å². The first-order valence-corrected chi connectivity index (χ1v) is 10.7. The summed E-state index contributed by atoms with van der Waals surface area (Å²) in [5, 5.41) is 12.3. The van der Waals surface area contributed by atoms with Crippen molar-refractivity contribution in [3.63, 3.8) is 0 Å². The Bertz CT molecular complexity index is 725. The van der Waals surface area contributed by atoms with Crippen LogP contribution in [0, 0.1) is 6.92 Å². The van der Waals surface area contributed by atoms with E-state index >= 15 is 0 Å². The van der Waals surface area contributed by atoms with E-state index in [1.807, 2.05) is 24.0 Å². The lowest BCUT2D eigenvalue weighted by Gasteiger charge is -2.32. The molecule has 8 heteroatoms. The van der Waals surface area contributed by atoms with Gasteiger partial charge in [0.2, 0.25) is 11.0 Å².